The molecule has 0 spiro atoms. The number of aryl methyl sites for hydroxylation is 1. The minimum absolute atomic E-state index is 0.107. The van der Waals surface area contributed by atoms with Gasteiger partial charge in [0.25, 0.3) is 0 Å². The van der Waals surface area contributed by atoms with E-state index in [0.29, 0.717) is 25.8 Å². The summed E-state index contributed by atoms with van der Waals surface area (Å²) in [4.78, 5) is 26.3. The van der Waals surface area contributed by atoms with Gasteiger partial charge in [0.05, 0.1) is 13.2 Å². The van der Waals surface area contributed by atoms with Crippen molar-refractivity contribution >= 4 is 17.7 Å². The second-order valence-corrected chi connectivity index (χ2v) is 7.21. The average Bonchev–Trinajstić information content (AvgIpc) is 3.52. The lowest BCUT2D eigenvalue weighted by atomic mass is 10.2. The smallest absolute Gasteiger partial charge is 0.239 e. The molecule has 26 heavy (non-hydrogen) atoms. The molecule has 0 unspecified atom stereocenters. The number of aromatic nitrogens is 2. The standard InChI is InChI=1S/C18H28N6O2/c1-2-13-11-16(22-18(21-13)23-7-9-26-10-8-23)24-6-5-19-15(12-24)17(25)20-14-3-4-14/h11,14-15,19H,2-10,12H2,1H3,(H,20,25)/t15-/m0/s1. The van der Waals surface area contributed by atoms with E-state index in [4.69, 9.17) is 14.7 Å². The quantitative estimate of drug-likeness (QED) is 0.761. The number of nitrogens with zero attached hydrogens (tertiary/aromatic N) is 4. The third-order valence-corrected chi connectivity index (χ3v) is 5.15. The van der Waals surface area contributed by atoms with Gasteiger partial charge in [0.15, 0.2) is 0 Å². The Morgan fingerprint density at radius 2 is 2.08 bits per heavy atom. The topological polar surface area (TPSA) is 82.6 Å². The Bertz CT molecular complexity index is 645. The lowest BCUT2D eigenvalue weighted by Gasteiger charge is -2.35. The molecule has 0 aromatic carbocycles. The molecule has 2 aliphatic heterocycles. The molecule has 1 aliphatic carbocycles. The molecule has 0 radical (unpaired) electrons. The van der Waals surface area contributed by atoms with Crippen molar-refractivity contribution in [1.82, 2.24) is 20.6 Å². The number of hydrogen-bond donors (Lipinski definition) is 2. The van der Waals surface area contributed by atoms with Gasteiger partial charge in [0.2, 0.25) is 11.9 Å². The first kappa shape index (κ1) is 17.5. The fourth-order valence-electron chi connectivity index (χ4n) is 3.38. The fraction of sp³-hybridized carbons (Fsp3) is 0.722. The van der Waals surface area contributed by atoms with Crippen molar-refractivity contribution in [3.63, 3.8) is 0 Å². The zero-order valence-corrected chi connectivity index (χ0v) is 15.4. The number of ether oxygens (including phenoxy) is 1. The van der Waals surface area contributed by atoms with E-state index in [1.165, 1.54) is 0 Å². The van der Waals surface area contributed by atoms with Gasteiger partial charge in [0.1, 0.15) is 11.9 Å². The maximum atomic E-state index is 12.4. The van der Waals surface area contributed by atoms with Crippen LogP contribution < -0.4 is 20.4 Å². The Morgan fingerprint density at radius 1 is 1.27 bits per heavy atom. The highest BCUT2D eigenvalue weighted by Crippen LogP contribution is 2.21. The number of morpholine rings is 1. The van der Waals surface area contributed by atoms with Gasteiger partial charge in [-0.15, -0.1) is 0 Å². The lowest BCUT2D eigenvalue weighted by molar-refractivity contribution is -0.123. The van der Waals surface area contributed by atoms with E-state index in [1.807, 2.05) is 0 Å². The zero-order chi connectivity index (χ0) is 17.9. The second kappa shape index (κ2) is 7.75. The summed E-state index contributed by atoms with van der Waals surface area (Å²) in [7, 11) is 0. The molecule has 142 valence electrons. The maximum Gasteiger partial charge on any atom is 0.239 e. The van der Waals surface area contributed by atoms with Gasteiger partial charge in [0, 0.05) is 50.5 Å². The molecule has 8 nitrogen and oxygen atoms in total. The van der Waals surface area contributed by atoms with Crippen LogP contribution in [0.25, 0.3) is 0 Å². The van der Waals surface area contributed by atoms with Crippen molar-refractivity contribution < 1.29 is 9.53 Å². The molecule has 2 N–H and O–H groups in total. The number of piperazine rings is 1. The molecule has 4 rings (SSSR count). The summed E-state index contributed by atoms with van der Waals surface area (Å²) in [6.45, 7) is 7.44. The van der Waals surface area contributed by atoms with Gasteiger partial charge in [-0.05, 0) is 19.3 Å². The molecule has 1 amide bonds. The summed E-state index contributed by atoms with van der Waals surface area (Å²) < 4.78 is 5.44. The van der Waals surface area contributed by atoms with Crippen LogP contribution in [0, 0.1) is 0 Å². The Labute approximate surface area is 154 Å². The first-order chi connectivity index (χ1) is 12.7. The van der Waals surface area contributed by atoms with Crippen LogP contribution in [0.5, 0.6) is 0 Å². The van der Waals surface area contributed by atoms with Gasteiger partial charge < -0.3 is 25.2 Å². The van der Waals surface area contributed by atoms with Crippen LogP contribution in [-0.2, 0) is 16.0 Å². The first-order valence-corrected chi connectivity index (χ1v) is 9.72. The monoisotopic (exact) mass is 360 g/mol. The van der Waals surface area contributed by atoms with E-state index in [1.54, 1.807) is 0 Å². The minimum Gasteiger partial charge on any atom is -0.378 e. The fourth-order valence-corrected chi connectivity index (χ4v) is 3.38. The van der Waals surface area contributed by atoms with Gasteiger partial charge in [-0.3, -0.25) is 4.79 Å². The molecule has 1 aromatic rings. The van der Waals surface area contributed by atoms with E-state index in [2.05, 4.69) is 33.4 Å². The molecule has 0 bridgehead atoms. The molecule has 1 saturated carbocycles. The summed E-state index contributed by atoms with van der Waals surface area (Å²) in [6.07, 6.45) is 3.08. The Hall–Kier alpha value is -1.93. The van der Waals surface area contributed by atoms with Crippen LogP contribution in [0.4, 0.5) is 11.8 Å². The summed E-state index contributed by atoms with van der Waals surface area (Å²) in [5, 5.41) is 6.43. The maximum absolute atomic E-state index is 12.4. The zero-order valence-electron chi connectivity index (χ0n) is 15.4. The SMILES string of the molecule is CCc1cc(N2CCN[C@H](C(=O)NC3CC3)C2)nc(N2CCOCC2)n1. The van der Waals surface area contributed by atoms with Crippen molar-refractivity contribution in [1.29, 1.82) is 0 Å². The summed E-state index contributed by atoms with van der Waals surface area (Å²) in [5.41, 5.74) is 1.04. The van der Waals surface area contributed by atoms with Crippen molar-refractivity contribution in [2.24, 2.45) is 0 Å². The first-order valence-electron chi connectivity index (χ1n) is 9.72. The van der Waals surface area contributed by atoms with Crippen LogP contribution >= 0.6 is 0 Å². The van der Waals surface area contributed by atoms with Crippen molar-refractivity contribution in [2.75, 3.05) is 55.7 Å². The average molecular weight is 360 g/mol. The van der Waals surface area contributed by atoms with Gasteiger partial charge >= 0.3 is 0 Å². The Kier molecular flexibility index (Phi) is 5.21. The van der Waals surface area contributed by atoms with E-state index in [-0.39, 0.29) is 11.9 Å². The molecule has 3 fully saturated rings. The largest absolute Gasteiger partial charge is 0.378 e. The van der Waals surface area contributed by atoms with E-state index in [9.17, 15) is 4.79 Å². The lowest BCUT2D eigenvalue weighted by Crippen LogP contribution is -2.57. The summed E-state index contributed by atoms with van der Waals surface area (Å²) >= 11 is 0. The molecule has 1 atom stereocenters. The Balaban J connectivity index is 1.50. The predicted octanol–water partition coefficient (Wildman–Crippen LogP) is -0.0676. The summed E-state index contributed by atoms with van der Waals surface area (Å²) in [6, 6.07) is 2.26. The van der Waals surface area contributed by atoms with Crippen molar-refractivity contribution in [3.05, 3.63) is 11.8 Å². The molecule has 3 heterocycles. The van der Waals surface area contributed by atoms with Crippen LogP contribution in [0.15, 0.2) is 6.07 Å². The molecule has 3 aliphatic rings. The van der Waals surface area contributed by atoms with Gasteiger partial charge in [-0.25, -0.2) is 4.98 Å². The number of amides is 1. The Morgan fingerprint density at radius 3 is 2.81 bits per heavy atom. The number of carbonyl (C=O) groups excluding carboxylic acids is 1. The molecule has 8 heteroatoms. The number of nitrogens with one attached hydrogen (secondary N) is 2. The minimum atomic E-state index is -0.184. The van der Waals surface area contributed by atoms with Crippen molar-refractivity contribution in [2.45, 2.75) is 38.3 Å². The summed E-state index contributed by atoms with van der Waals surface area (Å²) in [5.74, 6) is 1.81. The number of rotatable bonds is 5. The van der Waals surface area contributed by atoms with Gasteiger partial charge in [-0.2, -0.15) is 4.98 Å². The predicted molar refractivity (Wildman–Crippen MR) is 99.6 cm³/mol. The normalized spacial score (nSPS) is 23.8. The highest BCUT2D eigenvalue weighted by molar-refractivity contribution is 5.83. The van der Waals surface area contributed by atoms with Crippen LogP contribution in [-0.4, -0.2) is 73.9 Å². The third kappa shape index (κ3) is 4.07. The molecular formula is C18H28N6O2. The molecule has 1 aromatic heterocycles. The van der Waals surface area contributed by atoms with Crippen LogP contribution in [0.2, 0.25) is 0 Å². The van der Waals surface area contributed by atoms with Crippen LogP contribution in [0.3, 0.4) is 0 Å². The second-order valence-electron chi connectivity index (χ2n) is 7.21. The number of hydrogen-bond acceptors (Lipinski definition) is 7. The highest BCUT2D eigenvalue weighted by Gasteiger charge is 2.31. The van der Waals surface area contributed by atoms with Crippen molar-refractivity contribution in [3.8, 4) is 0 Å². The van der Waals surface area contributed by atoms with Gasteiger partial charge in [-0.1, -0.05) is 6.92 Å². The number of carbonyl (C=O) groups is 1. The molecular weight excluding hydrogens is 332 g/mol. The van der Waals surface area contributed by atoms with E-state index in [0.717, 1.165) is 62.9 Å². The molecule has 2 saturated heterocycles. The van der Waals surface area contributed by atoms with E-state index >= 15 is 0 Å². The number of anilines is 2. The third-order valence-electron chi connectivity index (χ3n) is 5.15. The van der Waals surface area contributed by atoms with E-state index < -0.39 is 0 Å². The van der Waals surface area contributed by atoms with Crippen LogP contribution in [0.1, 0.15) is 25.5 Å². The highest BCUT2D eigenvalue weighted by atomic mass is 16.5.